The molecule has 1 nitrogen and oxygen atoms in total. The molecule has 5 aromatic rings. The Hall–Kier alpha value is -2.44. The normalized spacial score (nSPS) is 10.9. The van der Waals surface area contributed by atoms with Gasteiger partial charge in [-0.3, -0.25) is 4.90 Å². The van der Waals surface area contributed by atoms with E-state index in [1.165, 1.54) is 29.5 Å². The van der Waals surface area contributed by atoms with Gasteiger partial charge in [0.2, 0.25) is 0 Å². The van der Waals surface area contributed by atoms with Gasteiger partial charge < -0.3 is 0 Å². The second-order valence-corrected chi connectivity index (χ2v) is 10.4. The summed E-state index contributed by atoms with van der Waals surface area (Å²) in [4.78, 5) is 7.59. The topological polar surface area (TPSA) is 3.24 Å². The maximum atomic E-state index is 3.88. The molecule has 142 valence electrons. The second-order valence-electron chi connectivity index (χ2n) is 6.36. The van der Waals surface area contributed by atoms with E-state index in [4.69, 9.17) is 0 Å². The van der Waals surface area contributed by atoms with Crippen molar-refractivity contribution in [3.63, 3.8) is 0 Å². The fourth-order valence-corrected chi connectivity index (χ4v) is 6.93. The zero-order chi connectivity index (χ0) is 19.6. The fourth-order valence-electron chi connectivity index (χ4n) is 3.12. The Morgan fingerprint density at radius 3 is 1.62 bits per heavy atom. The fraction of sp³-hybridized carbons (Fsp3) is 0. The number of hydrogen-bond acceptors (Lipinski definition) is 5. The molecule has 0 amide bonds. The van der Waals surface area contributed by atoms with Crippen LogP contribution in [-0.2, 0) is 0 Å². The smallest absolute Gasteiger partial charge is 0.101 e. The first-order valence-corrected chi connectivity index (χ1v) is 12.5. The van der Waals surface area contributed by atoms with Crippen molar-refractivity contribution in [1.82, 2.24) is 0 Å². The van der Waals surface area contributed by atoms with E-state index in [0.717, 1.165) is 11.3 Å². The largest absolute Gasteiger partial charge is 0.293 e. The highest BCUT2D eigenvalue weighted by Crippen LogP contribution is 2.46. The molecule has 1 aromatic carbocycles. The van der Waals surface area contributed by atoms with Crippen LogP contribution >= 0.6 is 45.3 Å². The summed E-state index contributed by atoms with van der Waals surface area (Å²) in [5.41, 5.74) is 2.29. The number of anilines is 3. The molecule has 0 aliphatic heterocycles. The van der Waals surface area contributed by atoms with Crippen LogP contribution in [-0.4, -0.2) is 0 Å². The van der Waals surface area contributed by atoms with Crippen LogP contribution in [0, 0.1) is 0 Å². The van der Waals surface area contributed by atoms with Crippen molar-refractivity contribution < 1.29 is 0 Å². The minimum atomic E-state index is 1.13. The van der Waals surface area contributed by atoms with Crippen molar-refractivity contribution in [3.8, 4) is 19.5 Å². The van der Waals surface area contributed by atoms with E-state index in [-0.39, 0.29) is 0 Å². The van der Waals surface area contributed by atoms with Crippen LogP contribution in [0.25, 0.3) is 25.6 Å². The summed E-state index contributed by atoms with van der Waals surface area (Å²) in [5, 5.41) is 6.71. The lowest BCUT2D eigenvalue weighted by atomic mass is 10.2. The molecule has 0 radical (unpaired) electrons. The predicted octanol–water partition coefficient (Wildman–Crippen LogP) is 9.38. The number of nitrogens with zero attached hydrogens (tertiary/aromatic N) is 1. The lowest BCUT2D eigenvalue weighted by Gasteiger charge is -2.21. The van der Waals surface area contributed by atoms with Gasteiger partial charge in [-0.1, -0.05) is 36.9 Å². The summed E-state index contributed by atoms with van der Waals surface area (Å²) in [6, 6.07) is 26.1. The monoisotopic (exact) mass is 447 g/mol. The van der Waals surface area contributed by atoms with Crippen molar-refractivity contribution in [2.24, 2.45) is 0 Å². The molecular weight excluding hydrogens is 431 g/mol. The van der Waals surface area contributed by atoms with Crippen LogP contribution in [0.1, 0.15) is 5.56 Å². The van der Waals surface area contributed by atoms with Gasteiger partial charge in [0.25, 0.3) is 0 Å². The van der Waals surface area contributed by atoms with Crippen LogP contribution in [0.5, 0.6) is 0 Å². The van der Waals surface area contributed by atoms with E-state index in [2.05, 4.69) is 95.0 Å². The molecule has 0 bridgehead atoms. The summed E-state index contributed by atoms with van der Waals surface area (Å²) >= 11 is 7.23. The molecule has 0 aliphatic carbocycles. The molecule has 4 heterocycles. The maximum Gasteiger partial charge on any atom is 0.101 e. The second kappa shape index (κ2) is 8.13. The lowest BCUT2D eigenvalue weighted by molar-refractivity contribution is 1.35. The Morgan fingerprint density at radius 2 is 1.17 bits per heavy atom. The van der Waals surface area contributed by atoms with Gasteiger partial charge in [-0.25, -0.2) is 0 Å². The minimum Gasteiger partial charge on any atom is -0.293 e. The van der Waals surface area contributed by atoms with Crippen molar-refractivity contribution in [3.05, 3.63) is 95.7 Å². The van der Waals surface area contributed by atoms with E-state index in [1.54, 1.807) is 22.7 Å². The molecule has 4 aromatic heterocycles. The SMILES string of the molecule is C=Cc1ccc(N(c2ccc(-c3cccs3)s2)c2ccc(-c3cccs3)s2)cc1. The molecule has 0 spiro atoms. The average molecular weight is 448 g/mol. The van der Waals surface area contributed by atoms with Crippen molar-refractivity contribution in [1.29, 1.82) is 0 Å². The van der Waals surface area contributed by atoms with E-state index in [1.807, 2.05) is 28.7 Å². The predicted molar refractivity (Wildman–Crippen MR) is 134 cm³/mol. The van der Waals surface area contributed by atoms with Crippen molar-refractivity contribution in [2.45, 2.75) is 0 Å². The first-order chi connectivity index (χ1) is 14.3. The van der Waals surface area contributed by atoms with Crippen molar-refractivity contribution in [2.75, 3.05) is 4.90 Å². The van der Waals surface area contributed by atoms with Crippen LogP contribution in [0.3, 0.4) is 0 Å². The van der Waals surface area contributed by atoms with Gasteiger partial charge in [0.15, 0.2) is 0 Å². The Kier molecular flexibility index (Phi) is 5.21. The number of benzene rings is 1. The Balaban J connectivity index is 1.58. The zero-order valence-electron chi connectivity index (χ0n) is 15.4. The summed E-state index contributed by atoms with van der Waals surface area (Å²) in [7, 11) is 0. The van der Waals surface area contributed by atoms with E-state index >= 15 is 0 Å². The summed E-state index contributed by atoms with van der Waals surface area (Å²) in [6.45, 7) is 3.88. The zero-order valence-corrected chi connectivity index (χ0v) is 18.7. The number of hydrogen-bond donors (Lipinski definition) is 0. The molecule has 0 aliphatic rings. The summed E-state index contributed by atoms with van der Waals surface area (Å²) in [6.07, 6.45) is 1.88. The minimum absolute atomic E-state index is 1.13. The van der Waals surface area contributed by atoms with E-state index in [0.29, 0.717) is 0 Å². The van der Waals surface area contributed by atoms with E-state index < -0.39 is 0 Å². The van der Waals surface area contributed by atoms with Gasteiger partial charge in [0.05, 0.1) is 0 Å². The van der Waals surface area contributed by atoms with Crippen LogP contribution in [0.2, 0.25) is 0 Å². The highest BCUT2D eigenvalue weighted by molar-refractivity contribution is 7.25. The van der Waals surface area contributed by atoms with Crippen LogP contribution < -0.4 is 4.90 Å². The van der Waals surface area contributed by atoms with Crippen molar-refractivity contribution >= 4 is 67.1 Å². The Morgan fingerprint density at radius 1 is 0.621 bits per heavy atom. The first kappa shape index (κ1) is 18.6. The van der Waals surface area contributed by atoms with Crippen LogP contribution in [0.4, 0.5) is 15.7 Å². The third kappa shape index (κ3) is 3.74. The molecule has 0 unspecified atom stereocenters. The highest BCUT2D eigenvalue weighted by atomic mass is 32.1. The molecule has 29 heavy (non-hydrogen) atoms. The first-order valence-electron chi connectivity index (χ1n) is 9.12. The molecule has 0 atom stereocenters. The molecule has 5 heteroatoms. The van der Waals surface area contributed by atoms with Gasteiger partial charge in [0.1, 0.15) is 10.0 Å². The Bertz CT molecular complexity index is 1140. The highest BCUT2D eigenvalue weighted by Gasteiger charge is 2.18. The van der Waals surface area contributed by atoms with Gasteiger partial charge >= 0.3 is 0 Å². The maximum absolute atomic E-state index is 3.88. The number of rotatable bonds is 6. The Labute approximate surface area is 186 Å². The molecule has 5 rings (SSSR count). The molecule has 0 saturated heterocycles. The van der Waals surface area contributed by atoms with Gasteiger partial charge in [-0.2, -0.15) is 0 Å². The van der Waals surface area contributed by atoms with Crippen LogP contribution in [0.15, 0.2) is 90.1 Å². The van der Waals surface area contributed by atoms with Gasteiger partial charge in [-0.15, -0.1) is 45.3 Å². The summed E-state index contributed by atoms with van der Waals surface area (Å²) < 4.78 is 0. The molecule has 0 N–H and O–H groups in total. The average Bonchev–Trinajstić information content (AvgIpc) is 3.56. The van der Waals surface area contributed by atoms with E-state index in [9.17, 15) is 0 Å². The lowest BCUT2D eigenvalue weighted by Crippen LogP contribution is -2.06. The molecule has 0 fully saturated rings. The number of thiophene rings is 4. The standard InChI is InChI=1S/C24H17NS4/c1-2-17-7-9-18(10-8-17)25(23-13-11-21(28-23)19-5-3-15-26-19)24-14-12-22(29-24)20-6-4-16-27-20/h2-16H,1H2. The van der Waals surface area contributed by atoms with Gasteiger partial charge in [0, 0.05) is 25.2 Å². The molecular formula is C24H17NS4. The quantitative estimate of drug-likeness (QED) is 0.250. The third-order valence-corrected chi connectivity index (χ3v) is 8.81. The third-order valence-electron chi connectivity index (χ3n) is 4.54. The molecule has 0 saturated carbocycles. The van der Waals surface area contributed by atoms with Gasteiger partial charge in [-0.05, 0) is 64.9 Å². The summed E-state index contributed by atoms with van der Waals surface area (Å²) in [5.74, 6) is 0.